The van der Waals surface area contributed by atoms with E-state index in [9.17, 15) is 19.8 Å². The largest absolute Gasteiger partial charge is 0.478 e. The average molecular weight is 897 g/mol. The van der Waals surface area contributed by atoms with Gasteiger partial charge in [-0.1, -0.05) is 256 Å². The highest BCUT2D eigenvalue weighted by atomic mass is 16.5. The summed E-state index contributed by atoms with van der Waals surface area (Å²) in [5, 5.41) is 20.5. The van der Waals surface area contributed by atoms with Crippen molar-refractivity contribution in [3.05, 3.63) is 69.8 Å². The summed E-state index contributed by atoms with van der Waals surface area (Å²) in [5.41, 5.74) is 1.45. The van der Waals surface area contributed by atoms with Crippen LogP contribution in [0.15, 0.2) is 36.4 Å². The highest BCUT2D eigenvalue weighted by Crippen LogP contribution is 2.37. The molecule has 0 aliphatic heterocycles. The number of carboxylic acids is 2. The first kappa shape index (κ1) is 57.5. The smallest absolute Gasteiger partial charge is 0.336 e. The summed E-state index contributed by atoms with van der Waals surface area (Å²) in [6.07, 6.45) is 42.7. The van der Waals surface area contributed by atoms with Gasteiger partial charge in [0.1, 0.15) is 13.2 Å². The van der Waals surface area contributed by atoms with Gasteiger partial charge in [0.05, 0.1) is 11.1 Å². The predicted molar refractivity (Wildman–Crippen MR) is 273 cm³/mol. The predicted octanol–water partition coefficient (Wildman–Crippen LogP) is 16.7. The molecule has 6 nitrogen and oxygen atoms in total. The van der Waals surface area contributed by atoms with Crippen LogP contribution in [-0.2, 0) is 14.9 Å². The highest BCUT2D eigenvalue weighted by molar-refractivity contribution is 5.93. The molecular weight excluding hydrogens is 805 g/mol. The Labute approximate surface area is 398 Å². The van der Waals surface area contributed by atoms with Gasteiger partial charge in [-0.2, -0.15) is 0 Å². The Morgan fingerprint density at radius 1 is 0.431 bits per heavy atom. The lowest BCUT2D eigenvalue weighted by molar-refractivity contribution is 0.0686. The summed E-state index contributed by atoms with van der Waals surface area (Å²) in [6.45, 7) is 10.2. The Bertz CT molecular complexity index is 1550. The summed E-state index contributed by atoms with van der Waals surface area (Å²) in [7, 11) is 0. The maximum atomic E-state index is 12.5. The summed E-state index contributed by atoms with van der Waals surface area (Å²) >= 11 is 0. The molecule has 0 spiro atoms. The molecule has 6 heteroatoms. The second-order valence-electron chi connectivity index (χ2n) is 19.1. The Balaban J connectivity index is 1.69. The molecule has 2 aromatic rings. The van der Waals surface area contributed by atoms with E-state index in [1.54, 1.807) is 36.4 Å². The van der Waals surface area contributed by atoms with Gasteiger partial charge in [-0.3, -0.25) is 0 Å². The quantitative estimate of drug-likeness (QED) is 0.0511. The molecule has 2 rings (SSSR count). The van der Waals surface area contributed by atoms with Crippen LogP contribution in [-0.4, -0.2) is 48.6 Å². The minimum absolute atomic E-state index is 0.0950. The molecule has 0 saturated heterocycles. The molecular formula is C59H92O6. The maximum absolute atomic E-state index is 12.5. The van der Waals surface area contributed by atoms with Crippen LogP contribution >= 0.6 is 0 Å². The van der Waals surface area contributed by atoms with Crippen molar-refractivity contribution in [2.24, 2.45) is 0 Å². The van der Waals surface area contributed by atoms with Gasteiger partial charge in [0.25, 0.3) is 0 Å². The van der Waals surface area contributed by atoms with Crippen molar-refractivity contribution in [1.29, 1.82) is 0 Å². The number of aromatic carboxylic acids is 2. The monoisotopic (exact) mass is 897 g/mol. The molecule has 0 heterocycles. The van der Waals surface area contributed by atoms with Gasteiger partial charge in [0, 0.05) is 29.8 Å². The van der Waals surface area contributed by atoms with E-state index in [1.165, 1.54) is 193 Å². The molecule has 0 amide bonds. The standard InChI is InChI=1S/C59H92O6/c1-5-7-9-11-13-15-17-19-21-23-25-27-29-31-33-35-45-64-47-37-39-51-41-43-55(53(49-51)57(60)61)59(3,4)56-44-42-52(50-54(56)58(62)63)40-38-48-65-46-36-34-32-30-28-26-24-22-20-18-16-14-12-10-8-6-2/h41-44,49-50H,5-36,45-48H2,1-4H3,(H,60,61)(H,62,63). The summed E-state index contributed by atoms with van der Waals surface area (Å²) in [6, 6.07) is 10.2. The number of ether oxygens (including phenoxy) is 2. The third-order valence-electron chi connectivity index (χ3n) is 12.9. The van der Waals surface area contributed by atoms with E-state index >= 15 is 0 Å². The lowest BCUT2D eigenvalue weighted by Gasteiger charge is -2.29. The van der Waals surface area contributed by atoms with Crippen molar-refractivity contribution in [2.75, 3.05) is 26.4 Å². The zero-order valence-electron chi connectivity index (χ0n) is 41.9. The highest BCUT2D eigenvalue weighted by Gasteiger charge is 2.32. The van der Waals surface area contributed by atoms with Crippen molar-refractivity contribution in [3.8, 4) is 23.7 Å². The second-order valence-corrected chi connectivity index (χ2v) is 19.1. The molecule has 0 atom stereocenters. The van der Waals surface area contributed by atoms with Crippen LogP contribution in [0, 0.1) is 23.7 Å². The molecule has 0 aromatic heterocycles. The molecule has 0 unspecified atom stereocenters. The average Bonchev–Trinajstić information content (AvgIpc) is 3.30. The zero-order valence-corrected chi connectivity index (χ0v) is 41.9. The molecule has 0 fully saturated rings. The maximum Gasteiger partial charge on any atom is 0.336 e. The fourth-order valence-corrected chi connectivity index (χ4v) is 8.86. The van der Waals surface area contributed by atoms with Crippen LogP contribution in [0.2, 0.25) is 0 Å². The SMILES string of the molecule is CCCCCCCCCCCCCCCCCCOCC#Cc1ccc(C(C)(C)c2ccc(C#CCOCCCCCCCCCCCCCCCCCC)cc2C(=O)O)c(C(=O)O)c1. The first-order chi connectivity index (χ1) is 31.7. The Morgan fingerprint density at radius 2 is 0.692 bits per heavy atom. The van der Waals surface area contributed by atoms with Gasteiger partial charge in [-0.25, -0.2) is 9.59 Å². The second kappa shape index (κ2) is 38.5. The third kappa shape index (κ3) is 27.6. The van der Waals surface area contributed by atoms with Crippen LogP contribution in [0.5, 0.6) is 0 Å². The number of hydrogen-bond donors (Lipinski definition) is 2. The van der Waals surface area contributed by atoms with E-state index in [4.69, 9.17) is 9.47 Å². The number of rotatable bonds is 40. The molecule has 2 N–H and O–H groups in total. The summed E-state index contributed by atoms with van der Waals surface area (Å²) < 4.78 is 11.5. The van der Waals surface area contributed by atoms with Crippen molar-refractivity contribution < 1.29 is 29.3 Å². The fourth-order valence-electron chi connectivity index (χ4n) is 8.86. The van der Waals surface area contributed by atoms with Crippen molar-refractivity contribution >= 4 is 11.9 Å². The molecule has 0 saturated carbocycles. The Morgan fingerprint density at radius 3 is 0.954 bits per heavy atom. The molecule has 0 bridgehead atoms. The van der Waals surface area contributed by atoms with Gasteiger partial charge in [0.2, 0.25) is 0 Å². The van der Waals surface area contributed by atoms with Crippen LogP contribution in [0.1, 0.15) is 276 Å². The Kier molecular flexibility index (Phi) is 34.1. The zero-order chi connectivity index (χ0) is 47.1. The van der Waals surface area contributed by atoms with Crippen LogP contribution in [0.4, 0.5) is 0 Å². The van der Waals surface area contributed by atoms with Gasteiger partial charge in [0.15, 0.2) is 0 Å². The molecule has 2 aromatic carbocycles. The van der Waals surface area contributed by atoms with Crippen LogP contribution < -0.4 is 0 Å². The molecule has 0 aliphatic rings. The minimum atomic E-state index is -1.09. The van der Waals surface area contributed by atoms with Gasteiger partial charge < -0.3 is 19.7 Å². The lowest BCUT2D eigenvalue weighted by atomic mass is 9.73. The first-order valence-electron chi connectivity index (χ1n) is 26.6. The van der Waals surface area contributed by atoms with Crippen LogP contribution in [0.3, 0.4) is 0 Å². The normalized spacial score (nSPS) is 11.3. The lowest BCUT2D eigenvalue weighted by Crippen LogP contribution is -2.25. The van der Waals surface area contributed by atoms with Gasteiger partial charge in [-0.05, 0) is 48.2 Å². The number of carboxylic acid groups (broad SMARTS) is 2. The van der Waals surface area contributed by atoms with Crippen molar-refractivity contribution in [2.45, 2.75) is 239 Å². The topological polar surface area (TPSA) is 93.1 Å². The Hall–Kier alpha value is -3.58. The number of hydrogen-bond acceptors (Lipinski definition) is 4. The minimum Gasteiger partial charge on any atom is -0.478 e. The van der Waals surface area contributed by atoms with Gasteiger partial charge >= 0.3 is 11.9 Å². The third-order valence-corrected chi connectivity index (χ3v) is 12.9. The number of unbranched alkanes of at least 4 members (excludes halogenated alkanes) is 30. The molecule has 364 valence electrons. The van der Waals surface area contributed by atoms with Crippen molar-refractivity contribution in [3.63, 3.8) is 0 Å². The summed E-state index contributed by atoms with van der Waals surface area (Å²) in [5.74, 6) is 10.00. The van der Waals surface area contributed by atoms with Crippen molar-refractivity contribution in [1.82, 2.24) is 0 Å². The van der Waals surface area contributed by atoms with Gasteiger partial charge in [-0.15, -0.1) is 0 Å². The van der Waals surface area contributed by atoms with E-state index in [0.717, 1.165) is 12.8 Å². The van der Waals surface area contributed by atoms with E-state index in [-0.39, 0.29) is 24.3 Å². The summed E-state index contributed by atoms with van der Waals surface area (Å²) in [4.78, 5) is 25.0. The molecule has 0 aliphatic carbocycles. The first-order valence-corrected chi connectivity index (χ1v) is 26.6. The van der Waals surface area contributed by atoms with E-state index in [0.29, 0.717) is 35.5 Å². The number of carbonyl (C=O) groups is 2. The van der Waals surface area contributed by atoms with E-state index in [1.807, 2.05) is 13.8 Å². The fraction of sp³-hybridized carbons (Fsp3) is 0.695. The molecule has 0 radical (unpaired) electrons. The molecule has 65 heavy (non-hydrogen) atoms. The van der Waals surface area contributed by atoms with E-state index in [2.05, 4.69) is 37.5 Å². The number of benzene rings is 2. The van der Waals surface area contributed by atoms with E-state index < -0.39 is 17.4 Å². The van der Waals surface area contributed by atoms with Crippen LogP contribution in [0.25, 0.3) is 0 Å².